The molecule has 1 amide bonds. The molecule has 0 aromatic carbocycles. The SMILES string of the molecule is Cc1cc(-c2nc(C#N)nc3c2ccn3C)cnc1OCCO[C@@H]1CCN(C(=O)[C@H]2CCCN2C)C1. The first-order chi connectivity index (χ1) is 17.4. The number of nitrogens with zero attached hydrogens (tertiary/aromatic N) is 7. The van der Waals surface area contributed by atoms with Crippen molar-refractivity contribution in [3.8, 4) is 23.2 Å². The van der Waals surface area contributed by atoms with Crippen molar-refractivity contribution in [2.24, 2.45) is 7.05 Å². The van der Waals surface area contributed by atoms with E-state index in [1.165, 1.54) is 0 Å². The van der Waals surface area contributed by atoms with Gasteiger partial charge in [0.25, 0.3) is 0 Å². The summed E-state index contributed by atoms with van der Waals surface area (Å²) >= 11 is 0. The second-order valence-electron chi connectivity index (χ2n) is 9.57. The molecule has 0 aliphatic carbocycles. The molecule has 2 aliphatic heterocycles. The highest BCUT2D eigenvalue weighted by atomic mass is 16.5. The number of rotatable bonds is 7. The van der Waals surface area contributed by atoms with E-state index in [4.69, 9.17) is 9.47 Å². The number of nitriles is 1. The number of aryl methyl sites for hydroxylation is 2. The van der Waals surface area contributed by atoms with E-state index < -0.39 is 0 Å². The van der Waals surface area contributed by atoms with E-state index in [-0.39, 0.29) is 23.9 Å². The Morgan fingerprint density at radius 2 is 2.08 bits per heavy atom. The smallest absolute Gasteiger partial charge is 0.240 e. The zero-order chi connectivity index (χ0) is 25.2. The number of likely N-dealkylation sites (tertiary alicyclic amines) is 2. The van der Waals surface area contributed by atoms with E-state index in [9.17, 15) is 10.1 Å². The third kappa shape index (κ3) is 4.76. The van der Waals surface area contributed by atoms with Crippen LogP contribution in [0.4, 0.5) is 0 Å². The van der Waals surface area contributed by atoms with Crippen LogP contribution in [-0.4, -0.2) is 87.3 Å². The zero-order valence-corrected chi connectivity index (χ0v) is 21.0. The lowest BCUT2D eigenvalue weighted by atomic mass is 10.1. The quantitative estimate of drug-likeness (QED) is 0.465. The molecule has 188 valence electrons. The molecule has 0 saturated carbocycles. The molecule has 3 aromatic heterocycles. The molecule has 2 fully saturated rings. The van der Waals surface area contributed by atoms with Crippen LogP contribution in [-0.2, 0) is 16.6 Å². The van der Waals surface area contributed by atoms with Gasteiger partial charge >= 0.3 is 0 Å². The van der Waals surface area contributed by atoms with E-state index >= 15 is 0 Å². The zero-order valence-electron chi connectivity index (χ0n) is 21.0. The summed E-state index contributed by atoms with van der Waals surface area (Å²) in [5, 5.41) is 10.2. The van der Waals surface area contributed by atoms with Crippen molar-refractivity contribution >= 4 is 16.9 Å². The minimum atomic E-state index is 0.0240. The second-order valence-corrected chi connectivity index (χ2v) is 9.57. The molecule has 5 rings (SSSR count). The average molecular weight is 490 g/mol. The summed E-state index contributed by atoms with van der Waals surface area (Å²) in [6.07, 6.45) is 6.53. The van der Waals surface area contributed by atoms with Gasteiger partial charge in [-0.05, 0) is 51.9 Å². The number of amides is 1. The molecule has 3 aromatic rings. The Balaban J connectivity index is 1.16. The van der Waals surface area contributed by atoms with Crippen LogP contribution in [0, 0.1) is 18.3 Å². The fourth-order valence-electron chi connectivity index (χ4n) is 5.10. The molecular weight excluding hydrogens is 458 g/mol. The van der Waals surface area contributed by atoms with Crippen molar-refractivity contribution in [3.05, 3.63) is 35.9 Å². The lowest BCUT2D eigenvalue weighted by molar-refractivity contribution is -0.135. The van der Waals surface area contributed by atoms with Gasteiger partial charge < -0.3 is 18.9 Å². The summed E-state index contributed by atoms with van der Waals surface area (Å²) in [6, 6.07) is 5.96. The van der Waals surface area contributed by atoms with E-state index in [1.54, 1.807) is 6.20 Å². The largest absolute Gasteiger partial charge is 0.475 e. The fraction of sp³-hybridized carbons (Fsp3) is 0.500. The fourth-order valence-corrected chi connectivity index (χ4v) is 5.10. The third-order valence-electron chi connectivity index (χ3n) is 7.07. The van der Waals surface area contributed by atoms with Crippen molar-refractivity contribution in [1.29, 1.82) is 5.26 Å². The Bertz CT molecular complexity index is 1310. The summed E-state index contributed by atoms with van der Waals surface area (Å²) < 4.78 is 13.7. The van der Waals surface area contributed by atoms with Gasteiger partial charge in [-0.1, -0.05) is 0 Å². The third-order valence-corrected chi connectivity index (χ3v) is 7.07. The summed E-state index contributed by atoms with van der Waals surface area (Å²) in [7, 11) is 3.91. The van der Waals surface area contributed by atoms with Crippen molar-refractivity contribution < 1.29 is 14.3 Å². The van der Waals surface area contributed by atoms with Gasteiger partial charge in [-0.3, -0.25) is 9.69 Å². The van der Waals surface area contributed by atoms with Crippen LogP contribution in [0.5, 0.6) is 5.88 Å². The predicted molar refractivity (Wildman–Crippen MR) is 133 cm³/mol. The Kier molecular flexibility index (Phi) is 6.85. The maximum Gasteiger partial charge on any atom is 0.240 e. The predicted octanol–water partition coefficient (Wildman–Crippen LogP) is 2.30. The van der Waals surface area contributed by atoms with Gasteiger partial charge in [0.1, 0.15) is 18.3 Å². The topological polar surface area (TPSA) is 109 Å². The number of likely N-dealkylation sites (N-methyl/N-ethyl adjacent to an activating group) is 1. The number of carbonyl (C=O) groups is 1. The molecule has 36 heavy (non-hydrogen) atoms. The monoisotopic (exact) mass is 489 g/mol. The molecule has 2 saturated heterocycles. The first kappa shape index (κ1) is 24.2. The summed E-state index contributed by atoms with van der Waals surface area (Å²) in [6.45, 7) is 5.13. The highest BCUT2D eigenvalue weighted by Crippen LogP contribution is 2.29. The lowest BCUT2D eigenvalue weighted by Gasteiger charge is -2.25. The number of carbonyl (C=O) groups excluding carboxylic acids is 1. The molecule has 5 heterocycles. The Hall–Kier alpha value is -3.55. The lowest BCUT2D eigenvalue weighted by Crippen LogP contribution is -2.43. The molecule has 2 aliphatic rings. The Morgan fingerprint density at radius 1 is 1.22 bits per heavy atom. The minimum Gasteiger partial charge on any atom is -0.475 e. The van der Waals surface area contributed by atoms with Gasteiger partial charge in [-0.25, -0.2) is 15.0 Å². The van der Waals surface area contributed by atoms with Crippen molar-refractivity contribution in [2.75, 3.05) is 39.9 Å². The maximum atomic E-state index is 12.8. The van der Waals surface area contributed by atoms with E-state index in [2.05, 4.69) is 19.9 Å². The Labute approximate surface area is 210 Å². The normalized spacial score (nSPS) is 20.2. The van der Waals surface area contributed by atoms with Crippen LogP contribution in [0.3, 0.4) is 0 Å². The number of fused-ring (bicyclic) bond motifs is 1. The molecule has 10 nitrogen and oxygen atoms in total. The molecule has 0 radical (unpaired) electrons. The Morgan fingerprint density at radius 3 is 2.83 bits per heavy atom. The van der Waals surface area contributed by atoms with Crippen LogP contribution in [0.2, 0.25) is 0 Å². The molecule has 0 unspecified atom stereocenters. The number of ether oxygens (including phenoxy) is 2. The van der Waals surface area contributed by atoms with Gasteiger partial charge in [0, 0.05) is 49.0 Å². The molecule has 2 atom stereocenters. The highest BCUT2D eigenvalue weighted by Gasteiger charge is 2.35. The van der Waals surface area contributed by atoms with Crippen LogP contribution < -0.4 is 4.74 Å². The second kappa shape index (κ2) is 10.2. The molecule has 0 N–H and O–H groups in total. The van der Waals surface area contributed by atoms with Crippen LogP contribution in [0.25, 0.3) is 22.3 Å². The molecular formula is C26H31N7O3. The summed E-state index contributed by atoms with van der Waals surface area (Å²) in [5.41, 5.74) is 3.04. The molecule has 0 spiro atoms. The van der Waals surface area contributed by atoms with Gasteiger partial charge in [0.05, 0.1) is 24.4 Å². The van der Waals surface area contributed by atoms with Gasteiger partial charge in [0.2, 0.25) is 17.6 Å². The van der Waals surface area contributed by atoms with E-state index in [0.29, 0.717) is 37.0 Å². The number of hydrogen-bond acceptors (Lipinski definition) is 8. The first-order valence-electron chi connectivity index (χ1n) is 12.4. The first-order valence-corrected chi connectivity index (χ1v) is 12.4. The number of hydrogen-bond donors (Lipinski definition) is 0. The van der Waals surface area contributed by atoms with E-state index in [0.717, 1.165) is 48.9 Å². The number of aromatic nitrogens is 4. The average Bonchev–Trinajstić information content (AvgIpc) is 3.62. The summed E-state index contributed by atoms with van der Waals surface area (Å²) in [4.78, 5) is 30.1. The number of pyridine rings is 1. The van der Waals surface area contributed by atoms with Gasteiger partial charge in [-0.2, -0.15) is 5.26 Å². The highest BCUT2D eigenvalue weighted by molar-refractivity contribution is 5.91. The standard InChI is InChI=1S/C26H31N7O3/c1-17-13-18(23-20-7-9-32(3)24(20)30-22(14-27)29-23)15-28-25(17)36-12-11-35-19-6-10-33(16-19)26(34)21-5-4-8-31(21)2/h7,9,13,15,19,21H,4-6,8,10-12,16H2,1-3H3/t19-,21-/m1/s1. The van der Waals surface area contributed by atoms with Crippen LogP contribution in [0.15, 0.2) is 24.5 Å². The minimum absolute atomic E-state index is 0.0240. The van der Waals surface area contributed by atoms with Gasteiger partial charge in [-0.15, -0.1) is 0 Å². The molecule has 0 bridgehead atoms. The van der Waals surface area contributed by atoms with E-state index in [1.807, 2.05) is 54.9 Å². The molecule has 10 heteroatoms. The van der Waals surface area contributed by atoms with Gasteiger partial charge in [0.15, 0.2) is 0 Å². The van der Waals surface area contributed by atoms with Crippen molar-refractivity contribution in [1.82, 2.24) is 29.3 Å². The van der Waals surface area contributed by atoms with Crippen LogP contribution >= 0.6 is 0 Å². The van der Waals surface area contributed by atoms with Crippen molar-refractivity contribution in [2.45, 2.75) is 38.3 Å². The van der Waals surface area contributed by atoms with Crippen LogP contribution in [0.1, 0.15) is 30.7 Å². The summed E-state index contributed by atoms with van der Waals surface area (Å²) in [5.74, 6) is 0.890. The van der Waals surface area contributed by atoms with Crippen molar-refractivity contribution in [3.63, 3.8) is 0 Å². The maximum absolute atomic E-state index is 12.8.